The minimum atomic E-state index is -0.654. The zero-order valence-electron chi connectivity index (χ0n) is 14.4. The molecule has 0 unspecified atom stereocenters. The molecule has 4 heteroatoms. The number of halogens is 2. The molecule has 0 spiro atoms. The predicted octanol–water partition coefficient (Wildman–Crippen LogP) is 6.40. The third-order valence-electron chi connectivity index (χ3n) is 3.70. The van der Waals surface area contributed by atoms with Crippen molar-refractivity contribution in [3.05, 3.63) is 94.6 Å². The lowest BCUT2D eigenvalue weighted by atomic mass is 10.1. The fourth-order valence-electron chi connectivity index (χ4n) is 2.29. The van der Waals surface area contributed by atoms with Crippen LogP contribution in [0.4, 0.5) is 20.2 Å². The van der Waals surface area contributed by atoms with Gasteiger partial charge in [0.25, 0.3) is 0 Å². The number of azo groups is 1. The van der Waals surface area contributed by atoms with Crippen molar-refractivity contribution < 1.29 is 8.78 Å². The van der Waals surface area contributed by atoms with E-state index in [9.17, 15) is 8.78 Å². The highest BCUT2D eigenvalue weighted by molar-refractivity contribution is 5.48. The molecule has 3 aromatic carbocycles. The maximum Gasteiger partial charge on any atom is 0.142 e. The van der Waals surface area contributed by atoms with Crippen LogP contribution in [-0.4, -0.2) is 0 Å². The summed E-state index contributed by atoms with van der Waals surface area (Å²) in [6, 6.07) is 17.2. The summed E-state index contributed by atoms with van der Waals surface area (Å²) in [4.78, 5) is 0. The first-order valence-electron chi connectivity index (χ1n) is 8.07. The first kappa shape index (κ1) is 17.5. The van der Waals surface area contributed by atoms with Crippen LogP contribution in [0.15, 0.2) is 70.9 Å². The molecule has 0 atom stereocenters. The van der Waals surface area contributed by atoms with E-state index in [4.69, 9.17) is 0 Å². The van der Waals surface area contributed by atoms with Gasteiger partial charge >= 0.3 is 0 Å². The van der Waals surface area contributed by atoms with Crippen molar-refractivity contribution in [2.75, 3.05) is 0 Å². The van der Waals surface area contributed by atoms with Gasteiger partial charge in [-0.1, -0.05) is 29.5 Å². The Labute approximate surface area is 151 Å². The Morgan fingerprint density at radius 2 is 1.15 bits per heavy atom. The minimum absolute atomic E-state index is 0.223. The normalized spacial score (nSPS) is 10.6. The van der Waals surface area contributed by atoms with E-state index in [1.54, 1.807) is 31.2 Å². The molecule has 0 aliphatic rings. The summed E-state index contributed by atoms with van der Waals surface area (Å²) in [5.74, 6) is 4.01. The lowest BCUT2D eigenvalue weighted by molar-refractivity contribution is 0.575. The monoisotopic (exact) mass is 346 g/mol. The molecule has 26 heavy (non-hydrogen) atoms. The number of hydrogen-bond acceptors (Lipinski definition) is 2. The summed E-state index contributed by atoms with van der Waals surface area (Å²) < 4.78 is 27.6. The molecule has 0 N–H and O–H groups in total. The molecule has 0 fully saturated rings. The Hall–Kier alpha value is -3.32. The lowest BCUT2D eigenvalue weighted by Gasteiger charge is -1.99. The lowest BCUT2D eigenvalue weighted by Crippen LogP contribution is -1.91. The molecule has 0 radical (unpaired) electrons. The molecule has 0 aliphatic carbocycles. The van der Waals surface area contributed by atoms with E-state index >= 15 is 0 Å². The predicted molar refractivity (Wildman–Crippen MR) is 98.9 cm³/mol. The van der Waals surface area contributed by atoms with Crippen molar-refractivity contribution in [1.29, 1.82) is 0 Å². The van der Waals surface area contributed by atoms with Crippen LogP contribution < -0.4 is 0 Å². The van der Waals surface area contributed by atoms with Gasteiger partial charge in [-0.15, -0.1) is 0 Å². The molecule has 2 nitrogen and oxygen atoms in total. The Balaban J connectivity index is 1.76. The number of benzene rings is 3. The molecular weight excluding hydrogens is 330 g/mol. The van der Waals surface area contributed by atoms with Gasteiger partial charge in [0.2, 0.25) is 0 Å². The molecule has 0 aliphatic heterocycles. The molecule has 0 bridgehead atoms. The van der Waals surface area contributed by atoms with Gasteiger partial charge in [-0.25, -0.2) is 8.78 Å². The van der Waals surface area contributed by atoms with Gasteiger partial charge in [-0.05, 0) is 67.9 Å². The smallest absolute Gasteiger partial charge is 0.142 e. The van der Waals surface area contributed by atoms with Crippen LogP contribution in [0.5, 0.6) is 0 Å². The standard InChI is InChI=1S/C22H16F2N2/c1-15-3-8-18(9-4-15)25-26-19-10-5-17(6-11-19)7-12-20-21(23)13-16(2)14-22(20)24/h3-6,8-11,13-14H,1-2H3. The summed E-state index contributed by atoms with van der Waals surface area (Å²) in [6.45, 7) is 3.64. The third kappa shape index (κ3) is 4.40. The first-order chi connectivity index (χ1) is 12.5. The Bertz CT molecular complexity index is 986. The van der Waals surface area contributed by atoms with Gasteiger partial charge in [0.15, 0.2) is 0 Å². The van der Waals surface area contributed by atoms with Crippen molar-refractivity contribution in [1.82, 2.24) is 0 Å². The highest BCUT2D eigenvalue weighted by Crippen LogP contribution is 2.19. The Morgan fingerprint density at radius 3 is 1.69 bits per heavy atom. The zero-order chi connectivity index (χ0) is 18.5. The molecule has 3 aromatic rings. The average Bonchev–Trinajstić information content (AvgIpc) is 2.61. The molecule has 0 saturated carbocycles. The molecule has 128 valence electrons. The van der Waals surface area contributed by atoms with Crippen molar-refractivity contribution in [2.24, 2.45) is 10.2 Å². The summed E-state index contributed by atoms with van der Waals surface area (Å²) >= 11 is 0. The maximum absolute atomic E-state index is 13.8. The zero-order valence-corrected chi connectivity index (χ0v) is 14.4. The molecule has 0 amide bonds. The quantitative estimate of drug-likeness (QED) is 0.379. The molecule has 0 heterocycles. The third-order valence-corrected chi connectivity index (χ3v) is 3.70. The fraction of sp³-hybridized carbons (Fsp3) is 0.0909. The Kier molecular flexibility index (Phi) is 5.19. The highest BCUT2D eigenvalue weighted by Gasteiger charge is 2.06. The number of rotatable bonds is 2. The largest absolute Gasteiger partial charge is 0.206 e. The molecular formula is C22H16F2N2. The van der Waals surface area contributed by atoms with Crippen LogP contribution in [0, 0.1) is 37.3 Å². The second kappa shape index (κ2) is 7.71. The molecule has 0 saturated heterocycles. The second-order valence-corrected chi connectivity index (χ2v) is 5.94. The van der Waals surface area contributed by atoms with E-state index in [-0.39, 0.29) is 5.56 Å². The maximum atomic E-state index is 13.8. The topological polar surface area (TPSA) is 24.7 Å². The van der Waals surface area contributed by atoms with Crippen molar-refractivity contribution in [3.8, 4) is 11.8 Å². The van der Waals surface area contributed by atoms with Crippen molar-refractivity contribution in [3.63, 3.8) is 0 Å². The molecule has 0 aromatic heterocycles. The van der Waals surface area contributed by atoms with Crippen LogP contribution in [0.25, 0.3) is 0 Å². The Morgan fingerprint density at radius 1 is 0.654 bits per heavy atom. The number of nitrogens with zero attached hydrogens (tertiary/aromatic N) is 2. The summed E-state index contributed by atoms with van der Waals surface area (Å²) in [5.41, 5.74) is 3.54. The van der Waals surface area contributed by atoms with E-state index in [1.165, 1.54) is 12.1 Å². The van der Waals surface area contributed by atoms with E-state index in [1.807, 2.05) is 31.2 Å². The fourth-order valence-corrected chi connectivity index (χ4v) is 2.29. The summed E-state index contributed by atoms with van der Waals surface area (Å²) in [5, 5.41) is 8.32. The first-order valence-corrected chi connectivity index (χ1v) is 8.07. The van der Waals surface area contributed by atoms with Gasteiger partial charge < -0.3 is 0 Å². The second-order valence-electron chi connectivity index (χ2n) is 5.94. The van der Waals surface area contributed by atoms with Crippen LogP contribution in [0.3, 0.4) is 0 Å². The summed E-state index contributed by atoms with van der Waals surface area (Å²) in [6.07, 6.45) is 0. The van der Waals surface area contributed by atoms with E-state index in [0.29, 0.717) is 16.8 Å². The van der Waals surface area contributed by atoms with Gasteiger partial charge in [0, 0.05) is 5.56 Å². The minimum Gasteiger partial charge on any atom is -0.206 e. The van der Waals surface area contributed by atoms with Gasteiger partial charge in [-0.3, -0.25) is 0 Å². The van der Waals surface area contributed by atoms with Crippen LogP contribution >= 0.6 is 0 Å². The average molecular weight is 346 g/mol. The van der Waals surface area contributed by atoms with Crippen LogP contribution in [0.2, 0.25) is 0 Å². The van der Waals surface area contributed by atoms with Crippen molar-refractivity contribution in [2.45, 2.75) is 13.8 Å². The van der Waals surface area contributed by atoms with Gasteiger partial charge in [-0.2, -0.15) is 10.2 Å². The van der Waals surface area contributed by atoms with Crippen molar-refractivity contribution >= 4 is 11.4 Å². The van der Waals surface area contributed by atoms with E-state index in [2.05, 4.69) is 22.1 Å². The van der Waals surface area contributed by atoms with Gasteiger partial charge in [0.1, 0.15) is 11.6 Å². The van der Waals surface area contributed by atoms with Crippen LogP contribution in [0.1, 0.15) is 22.3 Å². The highest BCUT2D eigenvalue weighted by atomic mass is 19.1. The molecule has 3 rings (SSSR count). The SMILES string of the molecule is Cc1ccc(N=Nc2ccc(C#Cc3c(F)cc(C)cc3F)cc2)cc1. The van der Waals surface area contributed by atoms with Crippen LogP contribution in [-0.2, 0) is 0 Å². The van der Waals surface area contributed by atoms with Gasteiger partial charge in [0.05, 0.1) is 16.9 Å². The number of hydrogen-bond donors (Lipinski definition) is 0. The number of aryl methyl sites for hydroxylation is 2. The van der Waals surface area contributed by atoms with E-state index < -0.39 is 11.6 Å². The summed E-state index contributed by atoms with van der Waals surface area (Å²) in [7, 11) is 0. The van der Waals surface area contributed by atoms with E-state index in [0.717, 1.165) is 11.3 Å².